The molecule has 1 aromatic rings. The average molecular weight is 385 g/mol. The van der Waals surface area contributed by atoms with E-state index in [0.717, 1.165) is 0 Å². The third-order valence-corrected chi connectivity index (χ3v) is 2.87. The first-order valence-electron chi connectivity index (χ1n) is 7.51. The summed E-state index contributed by atoms with van der Waals surface area (Å²) in [5.41, 5.74) is -1.08. The maximum atomic E-state index is 11.4. The van der Waals surface area contributed by atoms with Crippen molar-refractivity contribution in [2.24, 2.45) is 5.41 Å². The van der Waals surface area contributed by atoms with Crippen LogP contribution < -0.4 is 4.74 Å². The zero-order valence-electron chi connectivity index (χ0n) is 15.0. The Bertz CT molecular complexity index is 658. The maximum absolute atomic E-state index is 11.4. The minimum Gasteiger partial charge on any atom is -0.469 e. The van der Waals surface area contributed by atoms with E-state index in [9.17, 15) is 19.2 Å². The van der Waals surface area contributed by atoms with Gasteiger partial charge in [0.2, 0.25) is 13.6 Å². The van der Waals surface area contributed by atoms with Gasteiger partial charge >= 0.3 is 24.1 Å². The number of hydrogen-bond acceptors (Lipinski definition) is 11. The molecule has 0 N–H and O–H groups in total. The normalized spacial score (nSPS) is 10.3. The molecule has 0 saturated carbocycles. The van der Waals surface area contributed by atoms with Gasteiger partial charge < -0.3 is 28.4 Å². The summed E-state index contributed by atoms with van der Waals surface area (Å²) in [7, 11) is 1.20. The molecule has 0 aliphatic rings. The number of carbonyl (C=O) groups excluding carboxylic acids is 4. The minimum atomic E-state index is -1.40. The molecule has 0 spiro atoms. The highest BCUT2D eigenvalue weighted by atomic mass is 16.8. The van der Waals surface area contributed by atoms with Crippen molar-refractivity contribution in [3.63, 3.8) is 0 Å². The number of nitrogens with zero attached hydrogens (tertiary/aromatic N) is 1. The van der Waals surface area contributed by atoms with Crippen molar-refractivity contribution in [2.75, 3.05) is 27.3 Å². The standard InChI is InChI=1S/C16H19NO10/c1-16(2,14(20)22-3)8-23-15(21)27-10-26-13(19)12(18)25-9-24-11-5-4-6-17-7-11/h4-7H,8-10H2,1-3H3. The molecule has 0 aromatic carbocycles. The molecule has 27 heavy (non-hydrogen) atoms. The second-order valence-electron chi connectivity index (χ2n) is 5.49. The van der Waals surface area contributed by atoms with Gasteiger partial charge in [0.1, 0.15) is 12.4 Å². The van der Waals surface area contributed by atoms with Gasteiger partial charge in [-0.3, -0.25) is 9.78 Å². The third kappa shape index (κ3) is 8.03. The van der Waals surface area contributed by atoms with Crippen molar-refractivity contribution >= 4 is 24.1 Å². The van der Waals surface area contributed by atoms with Crippen molar-refractivity contribution in [3.8, 4) is 5.75 Å². The fourth-order valence-electron chi connectivity index (χ4n) is 1.45. The van der Waals surface area contributed by atoms with E-state index in [-0.39, 0.29) is 6.61 Å². The highest BCUT2D eigenvalue weighted by Crippen LogP contribution is 2.17. The zero-order chi connectivity index (χ0) is 20.3. The number of ether oxygens (including phenoxy) is 6. The Morgan fingerprint density at radius 2 is 1.67 bits per heavy atom. The van der Waals surface area contributed by atoms with Gasteiger partial charge in [-0.2, -0.15) is 0 Å². The van der Waals surface area contributed by atoms with Crippen LogP contribution in [0.15, 0.2) is 24.5 Å². The molecule has 0 aliphatic carbocycles. The monoisotopic (exact) mass is 385 g/mol. The van der Waals surface area contributed by atoms with Gasteiger partial charge in [-0.1, -0.05) is 0 Å². The molecule has 1 heterocycles. The predicted octanol–water partition coefficient (Wildman–Crippen LogP) is 0.814. The highest BCUT2D eigenvalue weighted by Gasteiger charge is 2.31. The van der Waals surface area contributed by atoms with Gasteiger partial charge in [0.05, 0.1) is 18.7 Å². The number of esters is 3. The zero-order valence-corrected chi connectivity index (χ0v) is 15.0. The molecule has 0 bridgehead atoms. The summed E-state index contributed by atoms with van der Waals surface area (Å²) in [5.74, 6) is -2.99. The van der Waals surface area contributed by atoms with Gasteiger partial charge in [0.15, 0.2) is 0 Å². The summed E-state index contributed by atoms with van der Waals surface area (Å²) in [5, 5.41) is 0. The fourth-order valence-corrected chi connectivity index (χ4v) is 1.45. The summed E-state index contributed by atoms with van der Waals surface area (Å²) in [6.07, 6.45) is 1.71. The van der Waals surface area contributed by atoms with Gasteiger partial charge in [-0.15, -0.1) is 0 Å². The molecule has 0 aliphatic heterocycles. The van der Waals surface area contributed by atoms with Crippen LogP contribution in [0.3, 0.4) is 0 Å². The average Bonchev–Trinajstić information content (AvgIpc) is 2.66. The van der Waals surface area contributed by atoms with E-state index in [1.165, 1.54) is 33.4 Å². The lowest BCUT2D eigenvalue weighted by Gasteiger charge is -2.20. The molecule has 0 saturated heterocycles. The van der Waals surface area contributed by atoms with Gasteiger partial charge in [0, 0.05) is 6.20 Å². The Kier molecular flexibility index (Phi) is 8.49. The van der Waals surface area contributed by atoms with Crippen LogP contribution in [0, 0.1) is 5.41 Å². The fraction of sp³-hybridized carbons (Fsp3) is 0.438. The topological polar surface area (TPSA) is 137 Å². The molecule has 11 nitrogen and oxygen atoms in total. The van der Waals surface area contributed by atoms with E-state index < -0.39 is 43.1 Å². The number of aromatic nitrogens is 1. The van der Waals surface area contributed by atoms with Crippen LogP contribution in [0.25, 0.3) is 0 Å². The quantitative estimate of drug-likeness (QED) is 0.272. The summed E-state index contributed by atoms with van der Waals surface area (Å²) in [6, 6.07) is 3.17. The smallest absolute Gasteiger partial charge is 0.469 e. The molecule has 1 aromatic heterocycles. The van der Waals surface area contributed by atoms with E-state index >= 15 is 0 Å². The molecule has 1 rings (SSSR count). The molecule has 0 fully saturated rings. The third-order valence-electron chi connectivity index (χ3n) is 2.87. The first kappa shape index (κ1) is 21.7. The highest BCUT2D eigenvalue weighted by molar-refractivity contribution is 6.29. The van der Waals surface area contributed by atoms with E-state index in [0.29, 0.717) is 5.75 Å². The van der Waals surface area contributed by atoms with Crippen LogP contribution >= 0.6 is 0 Å². The SMILES string of the molecule is COC(=O)C(C)(C)COC(=O)OCOC(=O)C(=O)OCOc1cccnc1. The molecule has 0 atom stereocenters. The van der Waals surface area contributed by atoms with E-state index in [1.54, 1.807) is 12.1 Å². The Morgan fingerprint density at radius 1 is 1.00 bits per heavy atom. The Hall–Kier alpha value is -3.37. The molecule has 148 valence electrons. The van der Waals surface area contributed by atoms with Crippen LogP contribution in [-0.2, 0) is 38.1 Å². The van der Waals surface area contributed by atoms with Crippen molar-refractivity contribution in [1.82, 2.24) is 4.98 Å². The van der Waals surface area contributed by atoms with Crippen molar-refractivity contribution in [3.05, 3.63) is 24.5 Å². The number of rotatable bonds is 8. The van der Waals surface area contributed by atoms with Gasteiger partial charge in [-0.05, 0) is 26.0 Å². The van der Waals surface area contributed by atoms with Crippen LogP contribution in [0.1, 0.15) is 13.8 Å². The lowest BCUT2D eigenvalue weighted by molar-refractivity contribution is -0.177. The largest absolute Gasteiger partial charge is 0.511 e. The Balaban J connectivity index is 2.20. The number of hydrogen-bond donors (Lipinski definition) is 0. The minimum absolute atomic E-state index is 0.319. The predicted molar refractivity (Wildman–Crippen MR) is 85.0 cm³/mol. The molecular weight excluding hydrogens is 366 g/mol. The van der Waals surface area contributed by atoms with E-state index in [2.05, 4.69) is 23.9 Å². The van der Waals surface area contributed by atoms with Crippen molar-refractivity contribution < 1.29 is 47.6 Å². The second-order valence-corrected chi connectivity index (χ2v) is 5.49. The molecular formula is C16H19NO10. The second kappa shape index (κ2) is 10.6. The van der Waals surface area contributed by atoms with Gasteiger partial charge in [-0.25, -0.2) is 14.4 Å². The number of carbonyl (C=O) groups is 4. The molecule has 0 amide bonds. The van der Waals surface area contributed by atoms with Crippen LogP contribution in [0.5, 0.6) is 5.75 Å². The number of pyridine rings is 1. The molecule has 11 heteroatoms. The van der Waals surface area contributed by atoms with E-state index in [4.69, 9.17) is 9.47 Å². The lowest BCUT2D eigenvalue weighted by Crippen LogP contribution is -2.32. The van der Waals surface area contributed by atoms with Crippen molar-refractivity contribution in [1.29, 1.82) is 0 Å². The summed E-state index contributed by atoms with van der Waals surface area (Å²) >= 11 is 0. The summed E-state index contributed by atoms with van der Waals surface area (Å²) < 4.78 is 27.6. The summed E-state index contributed by atoms with van der Waals surface area (Å²) in [4.78, 5) is 49.3. The molecule has 0 unspecified atom stereocenters. The van der Waals surface area contributed by atoms with Gasteiger partial charge in [0.25, 0.3) is 0 Å². The first-order chi connectivity index (χ1) is 12.8. The Morgan fingerprint density at radius 3 is 2.26 bits per heavy atom. The summed E-state index contributed by atoms with van der Waals surface area (Å²) in [6.45, 7) is 1.26. The van der Waals surface area contributed by atoms with Crippen LogP contribution in [0.4, 0.5) is 4.79 Å². The van der Waals surface area contributed by atoms with Crippen LogP contribution in [0.2, 0.25) is 0 Å². The maximum Gasteiger partial charge on any atom is 0.511 e. The first-order valence-corrected chi connectivity index (χ1v) is 7.51. The van der Waals surface area contributed by atoms with E-state index in [1.807, 2.05) is 0 Å². The number of methoxy groups -OCH3 is 1. The molecule has 0 radical (unpaired) electrons. The van der Waals surface area contributed by atoms with Crippen LogP contribution in [-0.4, -0.2) is 56.3 Å². The van der Waals surface area contributed by atoms with Crippen molar-refractivity contribution in [2.45, 2.75) is 13.8 Å². The Labute approximate surface area is 154 Å². The lowest BCUT2D eigenvalue weighted by atomic mass is 9.95.